The van der Waals surface area contributed by atoms with E-state index in [1.165, 1.54) is 49.9 Å². The molecule has 0 aromatic carbocycles. The van der Waals surface area contributed by atoms with E-state index in [9.17, 15) is 14.9 Å². The largest absolute Gasteiger partial charge is 0.288 e. The SMILES string of the molecule is CC(C1CCCCC1)N1C(=O)CSC1=NC1(C)C=CC([N+](=O)[O-])=CC1. The highest BCUT2D eigenvalue weighted by Gasteiger charge is 2.38. The first-order valence-corrected chi connectivity index (χ1v) is 9.97. The number of hydrogen-bond acceptors (Lipinski definition) is 5. The Morgan fingerprint density at radius 1 is 1.40 bits per heavy atom. The zero-order valence-corrected chi connectivity index (χ0v) is 15.6. The quantitative estimate of drug-likeness (QED) is 0.563. The van der Waals surface area contributed by atoms with Crippen molar-refractivity contribution in [3.05, 3.63) is 34.0 Å². The number of amidine groups is 1. The van der Waals surface area contributed by atoms with Crippen molar-refractivity contribution in [2.45, 2.75) is 64.0 Å². The minimum Gasteiger partial charge on any atom is -0.288 e. The van der Waals surface area contributed by atoms with Crippen molar-refractivity contribution < 1.29 is 9.72 Å². The molecule has 3 rings (SSSR count). The minimum absolute atomic E-state index is 0.111. The Hall–Kier alpha value is -1.63. The van der Waals surface area contributed by atoms with E-state index in [0.29, 0.717) is 18.1 Å². The molecular weight excluding hydrogens is 338 g/mol. The molecule has 0 bridgehead atoms. The van der Waals surface area contributed by atoms with Gasteiger partial charge in [-0.25, -0.2) is 0 Å². The Bertz CT molecular complexity index is 652. The van der Waals surface area contributed by atoms with Crippen molar-refractivity contribution in [1.29, 1.82) is 0 Å². The molecule has 6 nitrogen and oxygen atoms in total. The summed E-state index contributed by atoms with van der Waals surface area (Å²) < 4.78 is 0. The van der Waals surface area contributed by atoms with Crippen LogP contribution in [-0.2, 0) is 4.79 Å². The highest BCUT2D eigenvalue weighted by Crippen LogP contribution is 2.35. The number of hydrogen-bond donors (Lipinski definition) is 0. The van der Waals surface area contributed by atoms with Crippen molar-refractivity contribution in [2.75, 3.05) is 5.75 Å². The van der Waals surface area contributed by atoms with E-state index < -0.39 is 5.54 Å². The molecule has 1 saturated carbocycles. The predicted molar refractivity (Wildman–Crippen MR) is 100 cm³/mol. The van der Waals surface area contributed by atoms with Gasteiger partial charge in [-0.3, -0.25) is 24.8 Å². The van der Waals surface area contributed by atoms with Crippen LogP contribution < -0.4 is 0 Å². The third-order valence-electron chi connectivity index (χ3n) is 5.44. The first kappa shape index (κ1) is 18.2. The molecule has 2 fully saturated rings. The van der Waals surface area contributed by atoms with Gasteiger partial charge < -0.3 is 0 Å². The molecule has 1 saturated heterocycles. The highest BCUT2D eigenvalue weighted by molar-refractivity contribution is 8.15. The Balaban J connectivity index is 1.78. The number of aliphatic imine (C=N–C) groups is 1. The van der Waals surface area contributed by atoms with E-state index in [1.807, 2.05) is 11.8 Å². The Morgan fingerprint density at radius 3 is 2.72 bits per heavy atom. The fourth-order valence-electron chi connectivity index (χ4n) is 3.84. The van der Waals surface area contributed by atoms with Crippen LogP contribution in [-0.4, -0.2) is 38.2 Å². The third kappa shape index (κ3) is 3.97. The molecule has 0 radical (unpaired) electrons. The lowest BCUT2D eigenvalue weighted by Gasteiger charge is -2.34. The van der Waals surface area contributed by atoms with Gasteiger partial charge >= 0.3 is 0 Å². The first-order valence-electron chi connectivity index (χ1n) is 8.98. The van der Waals surface area contributed by atoms with Gasteiger partial charge in [0.1, 0.15) is 0 Å². The standard InChI is InChI=1S/C18H25N3O3S/c1-13(14-6-4-3-5-7-14)20-16(22)12-25-17(20)19-18(2)10-8-15(9-11-18)21(23)24/h8-10,13-14H,3-7,11-12H2,1-2H3. The summed E-state index contributed by atoms with van der Waals surface area (Å²) >= 11 is 1.49. The van der Waals surface area contributed by atoms with Crippen LogP contribution in [0.15, 0.2) is 28.9 Å². The molecule has 7 heteroatoms. The Kier molecular flexibility index (Phi) is 5.32. The summed E-state index contributed by atoms with van der Waals surface area (Å²) in [4.78, 5) is 29.7. The minimum atomic E-state index is -0.531. The fourth-order valence-corrected chi connectivity index (χ4v) is 4.91. The fraction of sp³-hybridized carbons (Fsp3) is 0.667. The molecule has 0 aromatic heterocycles. The van der Waals surface area contributed by atoms with Crippen molar-refractivity contribution in [3.63, 3.8) is 0 Å². The highest BCUT2D eigenvalue weighted by atomic mass is 32.2. The van der Waals surface area contributed by atoms with E-state index in [2.05, 4.69) is 6.92 Å². The van der Waals surface area contributed by atoms with Crippen LogP contribution in [0.25, 0.3) is 0 Å². The normalized spacial score (nSPS) is 30.6. The molecule has 0 spiro atoms. The van der Waals surface area contributed by atoms with Gasteiger partial charge in [-0.2, -0.15) is 0 Å². The molecule has 0 aromatic rings. The molecule has 2 aliphatic carbocycles. The van der Waals surface area contributed by atoms with Gasteiger partial charge in [0.25, 0.3) is 5.70 Å². The van der Waals surface area contributed by atoms with Gasteiger partial charge in [-0.15, -0.1) is 0 Å². The van der Waals surface area contributed by atoms with Crippen molar-refractivity contribution in [3.8, 4) is 0 Å². The van der Waals surface area contributed by atoms with E-state index in [-0.39, 0.29) is 22.6 Å². The van der Waals surface area contributed by atoms with E-state index in [1.54, 1.807) is 12.2 Å². The van der Waals surface area contributed by atoms with Crippen molar-refractivity contribution >= 4 is 22.8 Å². The summed E-state index contributed by atoms with van der Waals surface area (Å²) in [6.45, 7) is 4.09. The topological polar surface area (TPSA) is 75.8 Å². The molecule has 3 aliphatic rings. The molecule has 1 amide bonds. The second-order valence-electron chi connectivity index (χ2n) is 7.37. The average Bonchev–Trinajstić information content (AvgIpc) is 2.95. The summed E-state index contributed by atoms with van der Waals surface area (Å²) in [5.41, 5.74) is -0.419. The van der Waals surface area contributed by atoms with E-state index >= 15 is 0 Å². The molecule has 136 valence electrons. The van der Waals surface area contributed by atoms with Crippen LogP contribution in [0.2, 0.25) is 0 Å². The van der Waals surface area contributed by atoms with Gasteiger partial charge in [-0.1, -0.05) is 37.1 Å². The Labute approximate surface area is 152 Å². The second kappa shape index (κ2) is 7.32. The van der Waals surface area contributed by atoms with Gasteiger partial charge in [0.15, 0.2) is 5.17 Å². The van der Waals surface area contributed by atoms with Gasteiger partial charge in [0.05, 0.1) is 16.2 Å². The summed E-state index contributed by atoms with van der Waals surface area (Å²) in [5.74, 6) is 1.11. The lowest BCUT2D eigenvalue weighted by atomic mass is 9.84. The number of nitrogens with zero attached hydrogens (tertiary/aromatic N) is 3. The van der Waals surface area contributed by atoms with Crippen LogP contribution >= 0.6 is 11.8 Å². The molecule has 1 aliphatic heterocycles. The molecule has 25 heavy (non-hydrogen) atoms. The maximum Gasteiger partial charge on any atom is 0.265 e. The monoisotopic (exact) mass is 363 g/mol. The molecule has 1 heterocycles. The molecule has 2 atom stereocenters. The smallest absolute Gasteiger partial charge is 0.265 e. The Morgan fingerprint density at radius 2 is 2.12 bits per heavy atom. The lowest BCUT2D eigenvalue weighted by molar-refractivity contribution is -0.419. The van der Waals surface area contributed by atoms with Gasteiger partial charge in [0, 0.05) is 18.5 Å². The van der Waals surface area contributed by atoms with Crippen LogP contribution in [0.5, 0.6) is 0 Å². The average molecular weight is 363 g/mol. The maximum atomic E-state index is 12.5. The maximum absolute atomic E-state index is 12.5. The number of carbonyl (C=O) groups excluding carboxylic acids is 1. The summed E-state index contributed by atoms with van der Waals surface area (Å²) in [7, 11) is 0. The number of nitro groups is 1. The summed E-state index contributed by atoms with van der Waals surface area (Å²) in [6.07, 6.45) is 11.5. The molecule has 0 N–H and O–H groups in total. The molecule has 2 unspecified atom stereocenters. The number of thioether (sulfide) groups is 1. The second-order valence-corrected chi connectivity index (χ2v) is 8.31. The molecular formula is C18H25N3O3S. The summed E-state index contributed by atoms with van der Waals surface area (Å²) in [5, 5.41) is 11.6. The lowest BCUT2D eigenvalue weighted by Crippen LogP contribution is -2.43. The number of carbonyl (C=O) groups is 1. The summed E-state index contributed by atoms with van der Waals surface area (Å²) in [6, 6.07) is 0.169. The number of allylic oxidation sites excluding steroid dienone is 1. The van der Waals surface area contributed by atoms with Crippen LogP contribution in [0.4, 0.5) is 0 Å². The van der Waals surface area contributed by atoms with Gasteiger partial charge in [0.2, 0.25) is 5.91 Å². The van der Waals surface area contributed by atoms with Crippen LogP contribution in [0, 0.1) is 16.0 Å². The van der Waals surface area contributed by atoms with Crippen LogP contribution in [0.3, 0.4) is 0 Å². The zero-order chi connectivity index (χ0) is 18.0. The van der Waals surface area contributed by atoms with E-state index in [0.717, 1.165) is 5.17 Å². The van der Waals surface area contributed by atoms with Gasteiger partial charge in [-0.05, 0) is 38.7 Å². The third-order valence-corrected chi connectivity index (χ3v) is 6.38. The number of rotatable bonds is 4. The van der Waals surface area contributed by atoms with E-state index in [4.69, 9.17) is 4.99 Å². The number of amides is 1. The van der Waals surface area contributed by atoms with Crippen molar-refractivity contribution in [1.82, 2.24) is 4.90 Å². The zero-order valence-electron chi connectivity index (χ0n) is 14.8. The predicted octanol–water partition coefficient (Wildman–Crippen LogP) is 3.77. The van der Waals surface area contributed by atoms with Crippen LogP contribution in [0.1, 0.15) is 52.4 Å². The van der Waals surface area contributed by atoms with Crippen molar-refractivity contribution in [2.24, 2.45) is 10.9 Å². The first-order chi connectivity index (χ1) is 11.9.